The number of hydrogen-bond acceptors (Lipinski definition) is 2. The SMILES string of the molecule is CCCCc1ccc(OC2CC(NCC)C2(C)CC)cc1. The van der Waals surface area contributed by atoms with Crippen LogP contribution in [0.2, 0.25) is 0 Å². The van der Waals surface area contributed by atoms with Gasteiger partial charge in [-0.05, 0) is 43.5 Å². The molecule has 0 heterocycles. The highest BCUT2D eigenvalue weighted by molar-refractivity contribution is 5.28. The first-order valence-electron chi connectivity index (χ1n) is 8.63. The molecule has 1 N–H and O–H groups in total. The van der Waals surface area contributed by atoms with Crippen molar-refractivity contribution in [3.05, 3.63) is 29.8 Å². The number of ether oxygens (including phenoxy) is 1. The summed E-state index contributed by atoms with van der Waals surface area (Å²) in [5.41, 5.74) is 1.68. The van der Waals surface area contributed by atoms with Gasteiger partial charge in [-0.3, -0.25) is 0 Å². The third kappa shape index (κ3) is 3.60. The van der Waals surface area contributed by atoms with E-state index in [9.17, 15) is 0 Å². The minimum Gasteiger partial charge on any atom is -0.490 e. The van der Waals surface area contributed by atoms with Gasteiger partial charge in [-0.25, -0.2) is 0 Å². The van der Waals surface area contributed by atoms with Gasteiger partial charge in [0.15, 0.2) is 0 Å². The molecule has 2 nitrogen and oxygen atoms in total. The molecule has 118 valence electrons. The van der Waals surface area contributed by atoms with Gasteiger partial charge >= 0.3 is 0 Å². The fourth-order valence-corrected chi connectivity index (χ4v) is 3.32. The lowest BCUT2D eigenvalue weighted by Gasteiger charge is -2.53. The van der Waals surface area contributed by atoms with Crippen molar-refractivity contribution in [1.82, 2.24) is 5.32 Å². The fraction of sp³-hybridized carbons (Fsp3) is 0.684. The molecule has 1 aliphatic rings. The van der Waals surface area contributed by atoms with Crippen molar-refractivity contribution in [2.45, 2.75) is 71.9 Å². The Morgan fingerprint density at radius 3 is 2.48 bits per heavy atom. The molecule has 2 rings (SSSR count). The van der Waals surface area contributed by atoms with Crippen molar-refractivity contribution in [1.29, 1.82) is 0 Å². The largest absolute Gasteiger partial charge is 0.490 e. The topological polar surface area (TPSA) is 21.3 Å². The summed E-state index contributed by atoms with van der Waals surface area (Å²) in [6, 6.07) is 9.31. The predicted octanol–water partition coefficient (Wildman–Crippen LogP) is 4.57. The van der Waals surface area contributed by atoms with Gasteiger partial charge in [-0.2, -0.15) is 0 Å². The van der Waals surface area contributed by atoms with E-state index in [1.807, 2.05) is 0 Å². The number of aryl methyl sites for hydroxylation is 1. The number of rotatable bonds is 8. The molecule has 1 aromatic rings. The summed E-state index contributed by atoms with van der Waals surface area (Å²) >= 11 is 0. The molecule has 0 aromatic heterocycles. The van der Waals surface area contributed by atoms with Gasteiger partial charge in [-0.15, -0.1) is 0 Å². The van der Waals surface area contributed by atoms with E-state index >= 15 is 0 Å². The van der Waals surface area contributed by atoms with Crippen molar-refractivity contribution in [3.8, 4) is 5.75 Å². The molecule has 0 bridgehead atoms. The van der Waals surface area contributed by atoms with E-state index in [0.717, 1.165) is 25.1 Å². The Kier molecular flexibility index (Phi) is 5.69. The molecule has 1 aromatic carbocycles. The summed E-state index contributed by atoms with van der Waals surface area (Å²) in [6.07, 6.45) is 6.31. The quantitative estimate of drug-likeness (QED) is 0.756. The van der Waals surface area contributed by atoms with Crippen LogP contribution in [-0.4, -0.2) is 18.7 Å². The van der Waals surface area contributed by atoms with E-state index in [1.165, 1.54) is 24.8 Å². The highest BCUT2D eigenvalue weighted by Crippen LogP contribution is 2.46. The summed E-state index contributed by atoms with van der Waals surface area (Å²) in [7, 11) is 0. The zero-order chi connectivity index (χ0) is 15.3. The van der Waals surface area contributed by atoms with Crippen LogP contribution < -0.4 is 10.1 Å². The van der Waals surface area contributed by atoms with Crippen LogP contribution in [0.1, 0.15) is 58.9 Å². The van der Waals surface area contributed by atoms with Crippen LogP contribution in [0, 0.1) is 5.41 Å². The minimum absolute atomic E-state index is 0.261. The lowest BCUT2D eigenvalue weighted by molar-refractivity contribution is -0.0696. The van der Waals surface area contributed by atoms with Gasteiger partial charge < -0.3 is 10.1 Å². The van der Waals surface area contributed by atoms with Gasteiger partial charge in [0.1, 0.15) is 11.9 Å². The van der Waals surface area contributed by atoms with E-state index in [-0.39, 0.29) is 5.41 Å². The normalized spacial score (nSPS) is 28.2. The summed E-state index contributed by atoms with van der Waals surface area (Å²) in [4.78, 5) is 0. The van der Waals surface area contributed by atoms with E-state index in [1.54, 1.807) is 0 Å². The molecular formula is C19H31NO. The average molecular weight is 289 g/mol. The lowest BCUT2D eigenvalue weighted by Crippen LogP contribution is -2.63. The standard InChI is InChI=1S/C19H31NO/c1-5-8-9-15-10-12-16(13-11-15)21-18-14-17(20-7-3)19(18,4)6-2/h10-13,17-18,20H,5-9,14H2,1-4H3. The second-order valence-electron chi connectivity index (χ2n) is 6.56. The maximum Gasteiger partial charge on any atom is 0.119 e. The van der Waals surface area contributed by atoms with Crippen LogP contribution in [0.5, 0.6) is 5.75 Å². The molecule has 3 unspecified atom stereocenters. The molecule has 0 saturated heterocycles. The molecule has 1 aliphatic carbocycles. The minimum atomic E-state index is 0.261. The first-order chi connectivity index (χ1) is 10.1. The van der Waals surface area contributed by atoms with Crippen LogP contribution in [-0.2, 0) is 6.42 Å². The lowest BCUT2D eigenvalue weighted by atomic mass is 9.61. The maximum atomic E-state index is 6.25. The first kappa shape index (κ1) is 16.4. The molecule has 0 aliphatic heterocycles. The zero-order valence-electron chi connectivity index (χ0n) is 14.1. The van der Waals surface area contributed by atoms with Crippen molar-refractivity contribution in [2.24, 2.45) is 5.41 Å². The van der Waals surface area contributed by atoms with Crippen LogP contribution in [0.15, 0.2) is 24.3 Å². The predicted molar refractivity (Wildman–Crippen MR) is 89.9 cm³/mol. The van der Waals surface area contributed by atoms with Crippen molar-refractivity contribution >= 4 is 0 Å². The Morgan fingerprint density at radius 2 is 1.90 bits per heavy atom. The average Bonchev–Trinajstić information content (AvgIpc) is 2.52. The highest BCUT2D eigenvalue weighted by Gasteiger charge is 2.51. The second kappa shape index (κ2) is 7.31. The van der Waals surface area contributed by atoms with Crippen molar-refractivity contribution < 1.29 is 4.74 Å². The summed E-state index contributed by atoms with van der Waals surface area (Å²) in [5, 5.41) is 3.59. The van der Waals surface area contributed by atoms with Crippen molar-refractivity contribution in [2.75, 3.05) is 6.54 Å². The monoisotopic (exact) mass is 289 g/mol. The Balaban J connectivity index is 1.93. The zero-order valence-corrected chi connectivity index (χ0v) is 14.1. The van der Waals surface area contributed by atoms with Crippen LogP contribution in [0.3, 0.4) is 0 Å². The molecule has 21 heavy (non-hydrogen) atoms. The molecule has 3 atom stereocenters. The fourth-order valence-electron chi connectivity index (χ4n) is 3.32. The smallest absolute Gasteiger partial charge is 0.119 e. The number of unbranched alkanes of at least 4 members (excludes halogenated alkanes) is 1. The Labute approximate surface area is 130 Å². The summed E-state index contributed by atoms with van der Waals surface area (Å²) in [6.45, 7) is 10.1. The second-order valence-corrected chi connectivity index (χ2v) is 6.56. The Bertz CT molecular complexity index is 428. The highest BCUT2D eigenvalue weighted by atomic mass is 16.5. The summed E-state index contributed by atoms with van der Waals surface area (Å²) in [5.74, 6) is 1.02. The molecule has 1 fully saturated rings. The molecular weight excluding hydrogens is 258 g/mol. The van der Waals surface area contributed by atoms with Gasteiger partial charge in [0, 0.05) is 17.9 Å². The molecule has 2 heteroatoms. The molecule has 0 spiro atoms. The van der Waals surface area contributed by atoms with Gasteiger partial charge in [0.2, 0.25) is 0 Å². The Hall–Kier alpha value is -1.02. The van der Waals surface area contributed by atoms with Gasteiger partial charge in [0.25, 0.3) is 0 Å². The van der Waals surface area contributed by atoms with E-state index in [4.69, 9.17) is 4.74 Å². The maximum absolute atomic E-state index is 6.25. The third-order valence-electron chi connectivity index (χ3n) is 5.21. The van der Waals surface area contributed by atoms with E-state index < -0.39 is 0 Å². The number of nitrogens with one attached hydrogen (secondary N) is 1. The number of benzene rings is 1. The molecule has 0 radical (unpaired) electrons. The molecule has 1 saturated carbocycles. The first-order valence-corrected chi connectivity index (χ1v) is 8.63. The van der Waals surface area contributed by atoms with E-state index in [2.05, 4.69) is 57.3 Å². The van der Waals surface area contributed by atoms with Crippen molar-refractivity contribution in [3.63, 3.8) is 0 Å². The van der Waals surface area contributed by atoms with Crippen LogP contribution in [0.4, 0.5) is 0 Å². The van der Waals surface area contributed by atoms with E-state index in [0.29, 0.717) is 12.1 Å². The van der Waals surface area contributed by atoms with Crippen LogP contribution >= 0.6 is 0 Å². The summed E-state index contributed by atoms with van der Waals surface area (Å²) < 4.78 is 6.25. The van der Waals surface area contributed by atoms with Crippen LogP contribution in [0.25, 0.3) is 0 Å². The third-order valence-corrected chi connectivity index (χ3v) is 5.21. The number of hydrogen-bond donors (Lipinski definition) is 1. The van der Waals surface area contributed by atoms with Gasteiger partial charge in [0.05, 0.1) is 0 Å². The molecule has 0 amide bonds. The Morgan fingerprint density at radius 1 is 1.19 bits per heavy atom. The van der Waals surface area contributed by atoms with Gasteiger partial charge in [-0.1, -0.05) is 46.2 Å².